The number of Topliss-reactive ketones (excluding diaryl/α,β-unsaturated/α-hetero) is 1. The van der Waals surface area contributed by atoms with Crippen molar-refractivity contribution in [3.63, 3.8) is 0 Å². The van der Waals surface area contributed by atoms with Gasteiger partial charge in [-0.05, 0) is 59.2 Å². The zero-order valence-electron chi connectivity index (χ0n) is 17.2. The van der Waals surface area contributed by atoms with E-state index in [0.717, 1.165) is 16.9 Å². The van der Waals surface area contributed by atoms with Gasteiger partial charge >= 0.3 is 0 Å². The summed E-state index contributed by atoms with van der Waals surface area (Å²) in [7, 11) is 0. The molecule has 3 aromatic carbocycles. The van der Waals surface area contributed by atoms with E-state index in [0.29, 0.717) is 40.3 Å². The van der Waals surface area contributed by atoms with Gasteiger partial charge in [0.25, 0.3) is 0 Å². The Labute approximate surface area is 195 Å². The molecule has 3 aromatic rings. The molecule has 1 aliphatic rings. The Morgan fingerprint density at radius 2 is 1.84 bits per heavy atom. The molecule has 0 aliphatic carbocycles. The number of benzene rings is 3. The van der Waals surface area contributed by atoms with Crippen molar-refractivity contribution < 1.29 is 24.1 Å². The van der Waals surface area contributed by atoms with Gasteiger partial charge in [0.2, 0.25) is 0 Å². The number of allylic oxidation sites excluding steroid dienone is 1. The average Bonchev–Trinajstić information content (AvgIpc) is 2.80. The first-order valence-electron chi connectivity index (χ1n) is 9.91. The molecule has 0 amide bonds. The minimum absolute atomic E-state index is 0.265. The van der Waals surface area contributed by atoms with E-state index < -0.39 is 5.78 Å². The van der Waals surface area contributed by atoms with Crippen LogP contribution in [0.2, 0.25) is 10.0 Å². The van der Waals surface area contributed by atoms with Crippen molar-refractivity contribution in [1.29, 1.82) is 0 Å². The zero-order chi connectivity index (χ0) is 22.7. The first-order valence-corrected chi connectivity index (χ1v) is 10.7. The summed E-state index contributed by atoms with van der Waals surface area (Å²) in [4.78, 5) is 11.2. The molecule has 0 radical (unpaired) electrons. The van der Waals surface area contributed by atoms with Crippen LogP contribution in [0.15, 0.2) is 66.4 Å². The number of hydrogen-bond acceptors (Lipinski definition) is 5. The third kappa shape index (κ3) is 5.18. The van der Waals surface area contributed by atoms with Crippen molar-refractivity contribution in [3.8, 4) is 17.2 Å². The Morgan fingerprint density at radius 1 is 1.06 bits per heavy atom. The minimum Gasteiger partial charge on any atom is -0.504 e. The Bertz CT molecular complexity index is 1170. The second-order valence-corrected chi connectivity index (χ2v) is 8.13. The summed E-state index contributed by atoms with van der Waals surface area (Å²) < 4.78 is 17.8. The van der Waals surface area contributed by atoms with Gasteiger partial charge in [-0.1, -0.05) is 47.5 Å². The molecule has 7 heteroatoms. The van der Waals surface area contributed by atoms with E-state index in [9.17, 15) is 9.90 Å². The van der Waals surface area contributed by atoms with E-state index in [2.05, 4.69) is 0 Å². The van der Waals surface area contributed by atoms with Crippen LogP contribution in [-0.2, 0) is 11.4 Å². The van der Waals surface area contributed by atoms with Crippen LogP contribution in [-0.4, -0.2) is 17.5 Å². The minimum atomic E-state index is -0.399. The van der Waals surface area contributed by atoms with Crippen LogP contribution in [0.5, 0.6) is 17.2 Å². The SMILES string of the molecule is CC(=O)/C(O)=C/c1ccc2c(c1)OC[C@H](c1ccc(OCc3ccc(Cl)c(Cl)c3)cc1)O2. The van der Waals surface area contributed by atoms with Crippen LogP contribution in [0.4, 0.5) is 0 Å². The molecule has 0 spiro atoms. The molecule has 4 rings (SSSR count). The van der Waals surface area contributed by atoms with Crippen LogP contribution in [0.3, 0.4) is 0 Å². The van der Waals surface area contributed by atoms with Crippen LogP contribution in [0, 0.1) is 0 Å². The molecule has 5 nitrogen and oxygen atoms in total. The van der Waals surface area contributed by atoms with Gasteiger partial charge in [0, 0.05) is 6.92 Å². The Hall–Kier alpha value is -3.15. The third-order valence-electron chi connectivity index (χ3n) is 4.93. The second kappa shape index (κ2) is 9.55. The predicted octanol–water partition coefficient (Wildman–Crippen LogP) is 6.57. The zero-order valence-corrected chi connectivity index (χ0v) is 18.7. The quantitative estimate of drug-likeness (QED) is 0.325. The van der Waals surface area contributed by atoms with E-state index >= 15 is 0 Å². The monoisotopic (exact) mass is 470 g/mol. The number of ether oxygens (including phenoxy) is 3. The third-order valence-corrected chi connectivity index (χ3v) is 5.67. The summed E-state index contributed by atoms with van der Waals surface area (Å²) in [5.41, 5.74) is 2.53. The van der Waals surface area contributed by atoms with Gasteiger partial charge in [0.15, 0.2) is 29.1 Å². The molecule has 0 fully saturated rings. The highest BCUT2D eigenvalue weighted by Crippen LogP contribution is 2.37. The van der Waals surface area contributed by atoms with Gasteiger partial charge < -0.3 is 19.3 Å². The van der Waals surface area contributed by atoms with Crippen molar-refractivity contribution >= 4 is 35.1 Å². The van der Waals surface area contributed by atoms with E-state index in [-0.39, 0.29) is 11.9 Å². The number of fused-ring (bicyclic) bond motifs is 1. The van der Waals surface area contributed by atoms with Gasteiger partial charge in [0.1, 0.15) is 19.0 Å². The number of aliphatic hydroxyl groups is 1. The van der Waals surface area contributed by atoms with Gasteiger partial charge in [-0.15, -0.1) is 0 Å². The number of carbonyl (C=O) groups is 1. The van der Waals surface area contributed by atoms with E-state index in [4.69, 9.17) is 37.4 Å². The molecule has 0 saturated heterocycles. The molecule has 164 valence electrons. The highest BCUT2D eigenvalue weighted by atomic mass is 35.5. The Morgan fingerprint density at radius 3 is 2.56 bits per heavy atom. The van der Waals surface area contributed by atoms with Crippen LogP contribution >= 0.6 is 23.2 Å². The first kappa shape index (κ1) is 22.1. The normalized spacial score (nSPS) is 15.3. The van der Waals surface area contributed by atoms with Crippen molar-refractivity contribution in [3.05, 3.63) is 93.2 Å². The molecule has 0 bridgehead atoms. The predicted molar refractivity (Wildman–Crippen MR) is 124 cm³/mol. The lowest BCUT2D eigenvalue weighted by Crippen LogP contribution is -2.21. The number of aliphatic hydroxyl groups excluding tert-OH is 1. The molecule has 0 aromatic heterocycles. The summed E-state index contributed by atoms with van der Waals surface area (Å²) in [6, 6.07) is 18.3. The maximum atomic E-state index is 11.2. The first-order chi connectivity index (χ1) is 15.4. The summed E-state index contributed by atoms with van der Waals surface area (Å²) in [6.45, 7) is 2.02. The van der Waals surface area contributed by atoms with Gasteiger partial charge in [-0.3, -0.25) is 4.79 Å². The van der Waals surface area contributed by atoms with E-state index in [1.54, 1.807) is 30.3 Å². The van der Waals surface area contributed by atoms with Crippen molar-refractivity contribution in [2.75, 3.05) is 6.61 Å². The lowest BCUT2D eigenvalue weighted by molar-refractivity contribution is -0.115. The average molecular weight is 471 g/mol. The molecule has 32 heavy (non-hydrogen) atoms. The molecule has 1 heterocycles. The Kier molecular flexibility index (Phi) is 6.58. The summed E-state index contributed by atoms with van der Waals surface area (Å²) in [5, 5.41) is 10.7. The van der Waals surface area contributed by atoms with Crippen molar-refractivity contribution in [1.82, 2.24) is 0 Å². The number of halogens is 2. The fourth-order valence-electron chi connectivity index (χ4n) is 3.18. The number of carbonyl (C=O) groups excluding carboxylic acids is 1. The van der Waals surface area contributed by atoms with E-state index in [1.165, 1.54) is 13.0 Å². The fraction of sp³-hybridized carbons (Fsp3) is 0.160. The maximum absolute atomic E-state index is 11.2. The van der Waals surface area contributed by atoms with Gasteiger partial charge in [-0.2, -0.15) is 0 Å². The topological polar surface area (TPSA) is 65.0 Å². The standard InChI is InChI=1S/C25H20Cl2O5/c1-15(28)22(29)11-16-3-9-23-24(12-16)31-14-25(32-23)18-4-6-19(7-5-18)30-13-17-2-8-20(26)21(27)10-17/h2-12,25,29H,13-14H2,1H3/b22-11-/t25-/m1/s1. The van der Waals surface area contributed by atoms with Crippen molar-refractivity contribution in [2.24, 2.45) is 0 Å². The van der Waals surface area contributed by atoms with Crippen molar-refractivity contribution in [2.45, 2.75) is 19.6 Å². The number of hydrogen-bond donors (Lipinski definition) is 1. The number of rotatable bonds is 6. The van der Waals surface area contributed by atoms with Crippen LogP contribution < -0.4 is 14.2 Å². The van der Waals surface area contributed by atoms with Gasteiger partial charge in [-0.25, -0.2) is 0 Å². The highest BCUT2D eigenvalue weighted by Gasteiger charge is 2.23. The summed E-state index contributed by atoms with van der Waals surface area (Å²) in [6.07, 6.45) is 1.13. The smallest absolute Gasteiger partial charge is 0.194 e. The molecule has 1 N–H and O–H groups in total. The summed E-state index contributed by atoms with van der Waals surface area (Å²) in [5.74, 6) is 1.18. The lowest BCUT2D eigenvalue weighted by atomic mass is 10.1. The van der Waals surface area contributed by atoms with Gasteiger partial charge in [0.05, 0.1) is 10.0 Å². The maximum Gasteiger partial charge on any atom is 0.194 e. The molecular weight excluding hydrogens is 451 g/mol. The number of ketones is 1. The van der Waals surface area contributed by atoms with Crippen LogP contribution in [0.25, 0.3) is 6.08 Å². The molecule has 1 aliphatic heterocycles. The molecular formula is C25H20Cl2O5. The fourth-order valence-corrected chi connectivity index (χ4v) is 3.50. The Balaban J connectivity index is 1.39. The van der Waals surface area contributed by atoms with Crippen LogP contribution in [0.1, 0.15) is 29.7 Å². The largest absolute Gasteiger partial charge is 0.504 e. The highest BCUT2D eigenvalue weighted by molar-refractivity contribution is 6.42. The van der Waals surface area contributed by atoms with E-state index in [1.807, 2.05) is 30.3 Å². The molecule has 1 atom stereocenters. The molecule has 0 saturated carbocycles. The molecule has 0 unspecified atom stereocenters. The lowest BCUT2D eigenvalue weighted by Gasteiger charge is -2.27. The summed E-state index contributed by atoms with van der Waals surface area (Å²) >= 11 is 12.0. The second-order valence-electron chi connectivity index (χ2n) is 7.32.